The normalized spacial score (nSPS) is 16.3. The highest BCUT2D eigenvalue weighted by atomic mass is 32.1. The molecule has 2 aromatic carbocycles. The zero-order valence-electron chi connectivity index (χ0n) is 14.1. The fourth-order valence-electron chi connectivity index (χ4n) is 3.00. The van der Waals surface area contributed by atoms with Crippen molar-refractivity contribution in [2.45, 2.75) is 13.0 Å². The molecule has 0 bridgehead atoms. The molecule has 3 nitrogen and oxygen atoms in total. The van der Waals surface area contributed by atoms with E-state index < -0.39 is 6.04 Å². The van der Waals surface area contributed by atoms with Crippen LogP contribution >= 0.6 is 11.3 Å². The summed E-state index contributed by atoms with van der Waals surface area (Å²) in [6.45, 7) is 2.02. The fourth-order valence-corrected chi connectivity index (χ4v) is 3.66. The number of amides is 1. The molecule has 1 N–H and O–H groups in total. The number of nitrogens with one attached hydrogen (secondary N) is 1. The molecule has 130 valence electrons. The quantitative estimate of drug-likeness (QED) is 0.714. The van der Waals surface area contributed by atoms with E-state index in [1.165, 1.54) is 22.4 Å². The molecule has 0 spiro atoms. The van der Waals surface area contributed by atoms with Crippen LogP contribution in [0.3, 0.4) is 0 Å². The van der Waals surface area contributed by atoms with Crippen LogP contribution in [0.4, 0.5) is 4.39 Å². The third kappa shape index (κ3) is 3.02. The van der Waals surface area contributed by atoms with E-state index in [9.17, 15) is 9.18 Å². The summed E-state index contributed by atoms with van der Waals surface area (Å²) >= 11 is 1.37. The smallest absolute Gasteiger partial charge is 0.283 e. The summed E-state index contributed by atoms with van der Waals surface area (Å²) in [4.78, 5) is 13.6. The molecule has 1 amide bonds. The number of carbonyl (C=O) groups excluding carboxylic acids is 1. The Balaban J connectivity index is 1.75. The molecule has 3 aromatic rings. The van der Waals surface area contributed by atoms with Crippen molar-refractivity contribution in [1.29, 1.82) is 0 Å². The molecule has 2 heterocycles. The van der Waals surface area contributed by atoms with Crippen LogP contribution in [-0.2, 0) is 0 Å². The van der Waals surface area contributed by atoms with E-state index in [1.54, 1.807) is 24.3 Å². The number of hydrogen-bond acceptors (Lipinski definition) is 3. The van der Waals surface area contributed by atoms with Crippen LogP contribution in [0.15, 0.2) is 72.1 Å². The topological polar surface area (TPSA) is 32.3 Å². The second-order valence-corrected chi connectivity index (χ2v) is 7.12. The van der Waals surface area contributed by atoms with Gasteiger partial charge in [0, 0.05) is 5.56 Å². The SMILES string of the molecule is Cc1ccc(C2=C[C@@H](c3ccccc3F)N(C(=O)c3cccs3)N2)cc1. The first-order valence-corrected chi connectivity index (χ1v) is 9.18. The maximum absolute atomic E-state index is 14.4. The molecule has 0 fully saturated rings. The first kappa shape index (κ1) is 16.5. The Hall–Kier alpha value is -2.92. The van der Waals surface area contributed by atoms with Gasteiger partial charge in [0.1, 0.15) is 11.9 Å². The summed E-state index contributed by atoms with van der Waals surface area (Å²) in [6, 6.07) is 17.7. The van der Waals surface area contributed by atoms with Crippen molar-refractivity contribution in [1.82, 2.24) is 10.4 Å². The van der Waals surface area contributed by atoms with Crippen LogP contribution in [0.2, 0.25) is 0 Å². The van der Waals surface area contributed by atoms with Crippen molar-refractivity contribution in [3.63, 3.8) is 0 Å². The molecular weight excluding hydrogens is 347 g/mol. The van der Waals surface area contributed by atoms with E-state index in [0.717, 1.165) is 16.8 Å². The average molecular weight is 364 g/mol. The number of aryl methyl sites for hydroxylation is 1. The zero-order valence-corrected chi connectivity index (χ0v) is 15.0. The number of thiophene rings is 1. The van der Waals surface area contributed by atoms with Gasteiger partial charge in [0.25, 0.3) is 5.91 Å². The minimum Gasteiger partial charge on any atom is -0.294 e. The Morgan fingerprint density at radius 3 is 2.54 bits per heavy atom. The van der Waals surface area contributed by atoms with Crippen LogP contribution in [0.1, 0.15) is 32.4 Å². The van der Waals surface area contributed by atoms with Gasteiger partial charge in [0.05, 0.1) is 10.6 Å². The highest BCUT2D eigenvalue weighted by Gasteiger charge is 2.33. The van der Waals surface area contributed by atoms with Gasteiger partial charge in [0.15, 0.2) is 0 Å². The van der Waals surface area contributed by atoms with E-state index in [4.69, 9.17) is 0 Å². The largest absolute Gasteiger partial charge is 0.294 e. The van der Waals surface area contributed by atoms with Gasteiger partial charge in [-0.25, -0.2) is 9.40 Å². The lowest BCUT2D eigenvalue weighted by Crippen LogP contribution is -2.39. The number of rotatable bonds is 3. The van der Waals surface area contributed by atoms with Gasteiger partial charge in [-0.05, 0) is 36.1 Å². The monoisotopic (exact) mass is 364 g/mol. The Morgan fingerprint density at radius 1 is 1.08 bits per heavy atom. The molecule has 1 atom stereocenters. The highest BCUT2D eigenvalue weighted by Crippen LogP contribution is 2.34. The molecule has 0 saturated carbocycles. The number of halogens is 1. The van der Waals surface area contributed by atoms with E-state index in [2.05, 4.69) is 5.43 Å². The predicted octanol–water partition coefficient (Wildman–Crippen LogP) is 4.94. The average Bonchev–Trinajstić information content (AvgIpc) is 3.32. The Labute approximate surface area is 155 Å². The van der Waals surface area contributed by atoms with Crippen LogP contribution in [0.25, 0.3) is 5.70 Å². The third-order valence-corrected chi connectivity index (χ3v) is 5.24. The minimum atomic E-state index is -0.512. The van der Waals surface area contributed by atoms with Crippen molar-refractivity contribution in [3.8, 4) is 0 Å². The Kier molecular flexibility index (Phi) is 4.31. The van der Waals surface area contributed by atoms with E-state index >= 15 is 0 Å². The van der Waals surface area contributed by atoms with Crippen LogP contribution in [0.5, 0.6) is 0 Å². The number of hydrazine groups is 1. The van der Waals surface area contributed by atoms with Gasteiger partial charge >= 0.3 is 0 Å². The van der Waals surface area contributed by atoms with Gasteiger partial charge in [-0.3, -0.25) is 10.2 Å². The summed E-state index contributed by atoms with van der Waals surface area (Å²) in [7, 11) is 0. The molecule has 26 heavy (non-hydrogen) atoms. The lowest BCUT2D eigenvalue weighted by Gasteiger charge is -2.25. The van der Waals surface area contributed by atoms with E-state index in [1.807, 2.05) is 48.7 Å². The molecule has 1 aliphatic rings. The van der Waals surface area contributed by atoms with Crippen LogP contribution in [0, 0.1) is 12.7 Å². The molecule has 0 saturated heterocycles. The summed E-state index contributed by atoms with van der Waals surface area (Å²) in [6.07, 6.45) is 1.90. The third-order valence-electron chi connectivity index (χ3n) is 4.38. The van der Waals surface area contributed by atoms with Gasteiger partial charge in [-0.2, -0.15) is 0 Å². The van der Waals surface area contributed by atoms with Crippen LogP contribution < -0.4 is 5.43 Å². The number of hydrogen-bond donors (Lipinski definition) is 1. The molecule has 1 aliphatic heterocycles. The Bertz CT molecular complexity index is 964. The van der Waals surface area contributed by atoms with Crippen molar-refractivity contribution in [3.05, 3.63) is 99.5 Å². The predicted molar refractivity (Wildman–Crippen MR) is 102 cm³/mol. The summed E-state index contributed by atoms with van der Waals surface area (Å²) in [5, 5.41) is 3.36. The van der Waals surface area contributed by atoms with Crippen molar-refractivity contribution < 1.29 is 9.18 Å². The Morgan fingerprint density at radius 2 is 1.85 bits per heavy atom. The molecule has 5 heteroatoms. The van der Waals surface area contributed by atoms with Crippen molar-refractivity contribution in [2.75, 3.05) is 0 Å². The van der Waals surface area contributed by atoms with Gasteiger partial charge in [-0.1, -0.05) is 54.1 Å². The molecule has 0 unspecified atom stereocenters. The van der Waals surface area contributed by atoms with Crippen LogP contribution in [-0.4, -0.2) is 10.9 Å². The second kappa shape index (κ2) is 6.77. The number of nitrogens with zero attached hydrogens (tertiary/aromatic N) is 1. The van der Waals surface area contributed by atoms with Gasteiger partial charge in [0.2, 0.25) is 0 Å². The molecule has 0 radical (unpaired) electrons. The van der Waals surface area contributed by atoms with Gasteiger partial charge in [-0.15, -0.1) is 11.3 Å². The zero-order chi connectivity index (χ0) is 18.1. The maximum atomic E-state index is 14.4. The number of benzene rings is 2. The first-order valence-electron chi connectivity index (χ1n) is 8.30. The van der Waals surface area contributed by atoms with Crippen molar-refractivity contribution in [2.24, 2.45) is 0 Å². The fraction of sp³-hybridized carbons (Fsp3) is 0.0952. The lowest BCUT2D eigenvalue weighted by molar-refractivity contribution is 0.0675. The molecule has 4 rings (SSSR count). The van der Waals surface area contributed by atoms with E-state index in [0.29, 0.717) is 10.4 Å². The standard InChI is InChI=1S/C21H17FN2OS/c1-14-8-10-15(11-9-14)18-13-19(16-5-2-3-6-17(16)22)24(23-18)21(25)20-7-4-12-26-20/h2-13,19,23H,1H3/t19-/m0/s1. The summed E-state index contributed by atoms with van der Waals surface area (Å²) in [5.74, 6) is -0.503. The molecule has 0 aliphatic carbocycles. The second-order valence-electron chi connectivity index (χ2n) is 6.18. The highest BCUT2D eigenvalue weighted by molar-refractivity contribution is 7.12. The maximum Gasteiger partial charge on any atom is 0.283 e. The minimum absolute atomic E-state index is 0.174. The van der Waals surface area contributed by atoms with Gasteiger partial charge < -0.3 is 0 Å². The summed E-state index contributed by atoms with van der Waals surface area (Å²) in [5.41, 5.74) is 6.55. The van der Waals surface area contributed by atoms with Crippen molar-refractivity contribution >= 4 is 22.9 Å². The van der Waals surface area contributed by atoms with E-state index in [-0.39, 0.29) is 11.7 Å². The summed E-state index contributed by atoms with van der Waals surface area (Å²) < 4.78 is 14.4. The molecule has 1 aromatic heterocycles. The lowest BCUT2D eigenvalue weighted by atomic mass is 10.0. The molecular formula is C21H17FN2OS. The number of carbonyl (C=O) groups is 1. The first-order chi connectivity index (χ1) is 12.6.